The van der Waals surface area contributed by atoms with Crippen LogP contribution in [0.1, 0.15) is 34.1 Å². The molecule has 0 aromatic heterocycles. The fourth-order valence-corrected chi connectivity index (χ4v) is 1.46. The van der Waals surface area contributed by atoms with Gasteiger partial charge in [-0.1, -0.05) is 27.7 Å². The number of carboxylic acids is 1. The van der Waals surface area contributed by atoms with Gasteiger partial charge >= 0.3 is 5.97 Å². The molecular formula is C12H24N2O3. The van der Waals surface area contributed by atoms with Gasteiger partial charge in [0.15, 0.2) is 0 Å². The van der Waals surface area contributed by atoms with Crippen LogP contribution in [-0.2, 0) is 9.59 Å². The highest BCUT2D eigenvalue weighted by Gasteiger charge is 2.29. The van der Waals surface area contributed by atoms with Crippen LogP contribution in [0.25, 0.3) is 0 Å². The van der Waals surface area contributed by atoms with E-state index in [1.54, 1.807) is 7.05 Å². The summed E-state index contributed by atoms with van der Waals surface area (Å²) in [6.07, 6.45) is -0.0541. The monoisotopic (exact) mass is 244 g/mol. The third kappa shape index (κ3) is 6.26. The predicted octanol–water partition coefficient (Wildman–Crippen LogP) is 0.847. The van der Waals surface area contributed by atoms with Crippen LogP contribution in [0.5, 0.6) is 0 Å². The Balaban J connectivity index is 4.54. The molecule has 0 saturated heterocycles. The molecule has 100 valence electrons. The summed E-state index contributed by atoms with van der Waals surface area (Å²) in [5.41, 5.74) is -0.270. The van der Waals surface area contributed by atoms with Crippen LogP contribution in [0.3, 0.4) is 0 Å². The van der Waals surface area contributed by atoms with Crippen LogP contribution >= 0.6 is 0 Å². The summed E-state index contributed by atoms with van der Waals surface area (Å²) < 4.78 is 0. The van der Waals surface area contributed by atoms with Gasteiger partial charge in [-0.05, 0) is 12.5 Å². The zero-order valence-electron chi connectivity index (χ0n) is 11.3. The maximum atomic E-state index is 11.8. The molecule has 0 aromatic carbocycles. The van der Waals surface area contributed by atoms with E-state index in [2.05, 4.69) is 10.6 Å². The van der Waals surface area contributed by atoms with Gasteiger partial charge in [0.1, 0.15) is 0 Å². The lowest BCUT2D eigenvalue weighted by molar-refractivity contribution is -0.138. The van der Waals surface area contributed by atoms with Crippen molar-refractivity contribution in [3.8, 4) is 0 Å². The summed E-state index contributed by atoms with van der Waals surface area (Å²) in [4.78, 5) is 22.6. The summed E-state index contributed by atoms with van der Waals surface area (Å²) in [6, 6.07) is -0.355. The van der Waals surface area contributed by atoms with Gasteiger partial charge in [0, 0.05) is 18.5 Å². The molecule has 17 heavy (non-hydrogen) atoms. The standard InChI is InChI=1S/C12H24N2O3/c1-8(7-13-5)11(17)14-9(6-10(15)16)12(2,3)4/h8-9,13H,6-7H2,1-5H3,(H,14,17)(H,15,16). The van der Waals surface area contributed by atoms with Gasteiger partial charge in [-0.2, -0.15) is 0 Å². The van der Waals surface area contributed by atoms with Gasteiger partial charge in [0.25, 0.3) is 0 Å². The summed E-state index contributed by atoms with van der Waals surface area (Å²) >= 11 is 0. The number of carbonyl (C=O) groups excluding carboxylic acids is 1. The van der Waals surface area contributed by atoms with E-state index in [0.29, 0.717) is 6.54 Å². The Morgan fingerprint density at radius 1 is 1.29 bits per heavy atom. The molecule has 1 amide bonds. The predicted molar refractivity (Wildman–Crippen MR) is 66.7 cm³/mol. The fraction of sp³-hybridized carbons (Fsp3) is 0.833. The highest BCUT2D eigenvalue weighted by Crippen LogP contribution is 2.22. The van der Waals surface area contributed by atoms with Crippen molar-refractivity contribution in [2.75, 3.05) is 13.6 Å². The number of rotatable bonds is 6. The SMILES string of the molecule is CNCC(C)C(=O)NC(CC(=O)O)C(C)(C)C. The quantitative estimate of drug-likeness (QED) is 0.647. The largest absolute Gasteiger partial charge is 0.481 e. The van der Waals surface area contributed by atoms with E-state index in [4.69, 9.17) is 5.11 Å². The van der Waals surface area contributed by atoms with Crippen LogP contribution in [0.15, 0.2) is 0 Å². The van der Waals surface area contributed by atoms with Gasteiger partial charge in [0.2, 0.25) is 5.91 Å². The van der Waals surface area contributed by atoms with Crippen LogP contribution in [-0.4, -0.2) is 36.6 Å². The first-order valence-electron chi connectivity index (χ1n) is 5.85. The number of nitrogens with one attached hydrogen (secondary N) is 2. The van der Waals surface area contributed by atoms with Crippen LogP contribution in [0, 0.1) is 11.3 Å². The Labute approximate surface area is 103 Å². The first-order valence-corrected chi connectivity index (χ1v) is 5.85. The lowest BCUT2D eigenvalue weighted by Crippen LogP contribution is -2.47. The van der Waals surface area contributed by atoms with Gasteiger partial charge in [0.05, 0.1) is 6.42 Å². The second-order valence-electron chi connectivity index (χ2n) is 5.48. The molecule has 0 saturated carbocycles. The van der Waals surface area contributed by atoms with Crippen molar-refractivity contribution in [2.45, 2.75) is 40.2 Å². The first kappa shape index (κ1) is 15.9. The van der Waals surface area contributed by atoms with Crippen molar-refractivity contribution in [3.05, 3.63) is 0 Å². The van der Waals surface area contributed by atoms with Crippen molar-refractivity contribution in [1.29, 1.82) is 0 Å². The van der Waals surface area contributed by atoms with Gasteiger partial charge in [-0.25, -0.2) is 0 Å². The molecule has 0 heterocycles. The van der Waals surface area contributed by atoms with Crippen molar-refractivity contribution < 1.29 is 14.7 Å². The molecule has 5 heteroatoms. The molecule has 0 radical (unpaired) electrons. The van der Waals surface area contributed by atoms with Crippen LogP contribution in [0.2, 0.25) is 0 Å². The van der Waals surface area contributed by atoms with Crippen molar-refractivity contribution in [1.82, 2.24) is 10.6 Å². The number of carboxylic acid groups (broad SMARTS) is 1. The minimum absolute atomic E-state index is 0.0541. The number of hydrogen-bond donors (Lipinski definition) is 3. The highest BCUT2D eigenvalue weighted by molar-refractivity contribution is 5.79. The fourth-order valence-electron chi connectivity index (χ4n) is 1.46. The minimum atomic E-state index is -0.897. The Morgan fingerprint density at radius 2 is 1.82 bits per heavy atom. The molecule has 0 aromatic rings. The Kier molecular flexibility index (Phi) is 6.16. The zero-order chi connectivity index (χ0) is 13.6. The Morgan fingerprint density at radius 3 is 2.18 bits per heavy atom. The summed E-state index contributed by atoms with van der Waals surface area (Å²) in [5.74, 6) is -1.18. The molecule has 0 bridgehead atoms. The average Bonchev–Trinajstić information content (AvgIpc) is 2.14. The van der Waals surface area contributed by atoms with E-state index in [9.17, 15) is 9.59 Å². The van der Waals surface area contributed by atoms with Gasteiger partial charge in [-0.15, -0.1) is 0 Å². The number of aliphatic carboxylic acids is 1. The van der Waals surface area contributed by atoms with E-state index in [1.165, 1.54) is 0 Å². The molecule has 0 rings (SSSR count). The van der Waals surface area contributed by atoms with Crippen molar-refractivity contribution in [2.24, 2.45) is 11.3 Å². The van der Waals surface area contributed by atoms with Crippen LogP contribution < -0.4 is 10.6 Å². The lowest BCUT2D eigenvalue weighted by Gasteiger charge is -2.31. The summed E-state index contributed by atoms with van der Waals surface area (Å²) in [5, 5.41) is 14.6. The molecule has 3 N–H and O–H groups in total. The molecule has 0 fully saturated rings. The van der Waals surface area contributed by atoms with Crippen molar-refractivity contribution >= 4 is 11.9 Å². The molecule has 0 aliphatic rings. The van der Waals surface area contributed by atoms with Crippen molar-refractivity contribution in [3.63, 3.8) is 0 Å². The number of amides is 1. The second kappa shape index (κ2) is 6.59. The highest BCUT2D eigenvalue weighted by atomic mass is 16.4. The maximum absolute atomic E-state index is 11.8. The average molecular weight is 244 g/mol. The zero-order valence-corrected chi connectivity index (χ0v) is 11.3. The van der Waals surface area contributed by atoms with Gasteiger partial charge < -0.3 is 15.7 Å². The maximum Gasteiger partial charge on any atom is 0.305 e. The molecular weight excluding hydrogens is 220 g/mol. The van der Waals surface area contributed by atoms with E-state index in [-0.39, 0.29) is 29.7 Å². The summed E-state index contributed by atoms with van der Waals surface area (Å²) in [7, 11) is 1.78. The third-order valence-corrected chi connectivity index (χ3v) is 2.70. The normalized spacial score (nSPS) is 15.1. The first-order chi connectivity index (χ1) is 7.68. The Bertz CT molecular complexity index is 271. The van der Waals surface area contributed by atoms with E-state index in [1.807, 2.05) is 27.7 Å². The van der Waals surface area contributed by atoms with E-state index >= 15 is 0 Å². The molecule has 0 aliphatic heterocycles. The smallest absolute Gasteiger partial charge is 0.305 e. The molecule has 5 nitrogen and oxygen atoms in total. The third-order valence-electron chi connectivity index (χ3n) is 2.70. The number of hydrogen-bond acceptors (Lipinski definition) is 3. The topological polar surface area (TPSA) is 78.4 Å². The summed E-state index contributed by atoms with van der Waals surface area (Å²) in [6.45, 7) is 8.15. The van der Waals surface area contributed by atoms with Gasteiger partial charge in [-0.3, -0.25) is 9.59 Å². The number of carbonyl (C=O) groups is 2. The molecule has 2 atom stereocenters. The Hall–Kier alpha value is -1.10. The minimum Gasteiger partial charge on any atom is -0.481 e. The van der Waals surface area contributed by atoms with E-state index in [0.717, 1.165) is 0 Å². The van der Waals surface area contributed by atoms with E-state index < -0.39 is 5.97 Å². The van der Waals surface area contributed by atoms with Crippen LogP contribution in [0.4, 0.5) is 0 Å². The second-order valence-corrected chi connectivity index (χ2v) is 5.48. The molecule has 0 spiro atoms. The molecule has 2 unspecified atom stereocenters. The lowest BCUT2D eigenvalue weighted by atomic mass is 9.84. The molecule has 0 aliphatic carbocycles.